The second kappa shape index (κ2) is 11.1. The van der Waals surface area contributed by atoms with E-state index >= 15 is 0 Å². The number of methoxy groups -OCH3 is 1. The third-order valence-corrected chi connectivity index (χ3v) is 6.92. The second-order valence-electron chi connectivity index (χ2n) is 8.09. The summed E-state index contributed by atoms with van der Waals surface area (Å²) < 4.78 is 39.3. The zero-order valence-corrected chi connectivity index (χ0v) is 20.6. The Balaban J connectivity index is 1.81. The van der Waals surface area contributed by atoms with Gasteiger partial charge in [-0.25, -0.2) is 8.42 Å². The highest BCUT2D eigenvalue weighted by molar-refractivity contribution is 7.92. The van der Waals surface area contributed by atoms with Gasteiger partial charge in [-0.15, -0.1) is 0 Å². The van der Waals surface area contributed by atoms with Crippen molar-refractivity contribution in [3.8, 4) is 11.5 Å². The Hall–Kier alpha value is -3.52. The van der Waals surface area contributed by atoms with E-state index in [-0.39, 0.29) is 17.5 Å². The molecular weight excluding hydrogens is 452 g/mol. The molecule has 0 saturated heterocycles. The van der Waals surface area contributed by atoms with Gasteiger partial charge in [0.05, 0.1) is 23.7 Å². The summed E-state index contributed by atoms with van der Waals surface area (Å²) in [5.74, 6) is 0.598. The first kappa shape index (κ1) is 25.1. The molecule has 8 heteroatoms. The number of carbonyl (C=O) groups is 1. The van der Waals surface area contributed by atoms with E-state index in [2.05, 4.69) is 5.32 Å². The van der Waals surface area contributed by atoms with Crippen molar-refractivity contribution in [2.24, 2.45) is 0 Å². The summed E-state index contributed by atoms with van der Waals surface area (Å²) >= 11 is 0. The summed E-state index contributed by atoms with van der Waals surface area (Å²) in [5.41, 5.74) is 2.26. The lowest BCUT2D eigenvalue weighted by molar-refractivity contribution is -0.120. The molecule has 0 saturated carbocycles. The molecule has 34 heavy (non-hydrogen) atoms. The number of hydrogen-bond acceptors (Lipinski definition) is 5. The number of ether oxygens (including phenoxy) is 2. The lowest BCUT2D eigenvalue weighted by Crippen LogP contribution is -2.45. The van der Waals surface area contributed by atoms with Gasteiger partial charge in [0.25, 0.3) is 10.0 Å². The van der Waals surface area contributed by atoms with Crippen molar-refractivity contribution in [3.63, 3.8) is 0 Å². The fraction of sp³-hybridized carbons (Fsp3) is 0.269. The largest absolute Gasteiger partial charge is 0.495 e. The first-order valence-corrected chi connectivity index (χ1v) is 12.4. The molecule has 0 aliphatic heterocycles. The second-order valence-corrected chi connectivity index (χ2v) is 9.95. The van der Waals surface area contributed by atoms with E-state index in [0.717, 1.165) is 15.4 Å². The van der Waals surface area contributed by atoms with Crippen molar-refractivity contribution in [1.29, 1.82) is 0 Å². The van der Waals surface area contributed by atoms with Crippen molar-refractivity contribution in [2.45, 2.75) is 31.7 Å². The number of nitrogens with zero attached hydrogens (tertiary/aromatic N) is 1. The van der Waals surface area contributed by atoms with Crippen LogP contribution in [0.3, 0.4) is 0 Å². The van der Waals surface area contributed by atoms with E-state index in [4.69, 9.17) is 9.47 Å². The summed E-state index contributed by atoms with van der Waals surface area (Å²) in [5, 5.41) is 2.83. The number of benzene rings is 3. The monoisotopic (exact) mass is 482 g/mol. The van der Waals surface area contributed by atoms with Crippen molar-refractivity contribution in [1.82, 2.24) is 5.32 Å². The summed E-state index contributed by atoms with van der Waals surface area (Å²) in [6.45, 7) is 5.47. The number of anilines is 1. The minimum Gasteiger partial charge on any atom is -0.495 e. The standard InChI is InChI=1S/C26H30N2O5S/c1-19-10-13-22(14-11-19)33-18-21(3)27-26(29)17-28(24-16-20(2)12-15-25(24)32-4)34(30,31)23-8-6-5-7-9-23/h5-16,21H,17-18H2,1-4H3,(H,27,29). The molecule has 3 aromatic rings. The van der Waals surface area contributed by atoms with Crippen LogP contribution in [0, 0.1) is 13.8 Å². The summed E-state index contributed by atoms with van der Waals surface area (Å²) in [7, 11) is -2.57. The van der Waals surface area contributed by atoms with E-state index in [1.165, 1.54) is 19.2 Å². The van der Waals surface area contributed by atoms with E-state index in [9.17, 15) is 13.2 Å². The molecule has 0 bridgehead atoms. The maximum absolute atomic E-state index is 13.5. The van der Waals surface area contributed by atoms with Gasteiger partial charge in [0.15, 0.2) is 0 Å². The molecule has 3 aromatic carbocycles. The zero-order valence-electron chi connectivity index (χ0n) is 19.8. The van der Waals surface area contributed by atoms with Gasteiger partial charge in [-0.2, -0.15) is 0 Å². The Bertz CT molecular complexity index is 1210. The van der Waals surface area contributed by atoms with Gasteiger partial charge in [0.1, 0.15) is 24.7 Å². The Labute approximate surface area is 201 Å². The third-order valence-electron chi connectivity index (χ3n) is 5.15. The van der Waals surface area contributed by atoms with Gasteiger partial charge in [-0.1, -0.05) is 42.0 Å². The molecular formula is C26H30N2O5S. The fourth-order valence-corrected chi connectivity index (χ4v) is 4.81. The first-order chi connectivity index (χ1) is 16.2. The minimum absolute atomic E-state index is 0.0853. The van der Waals surface area contributed by atoms with Gasteiger partial charge >= 0.3 is 0 Å². The molecule has 180 valence electrons. The van der Waals surface area contributed by atoms with Crippen LogP contribution in [0.25, 0.3) is 0 Å². The number of hydrogen-bond donors (Lipinski definition) is 1. The van der Waals surface area contributed by atoms with Crippen LogP contribution in [0.2, 0.25) is 0 Å². The Morgan fingerprint density at radius 3 is 2.26 bits per heavy atom. The number of amides is 1. The van der Waals surface area contributed by atoms with Gasteiger partial charge < -0.3 is 14.8 Å². The number of rotatable bonds is 10. The van der Waals surface area contributed by atoms with E-state index < -0.39 is 22.5 Å². The van der Waals surface area contributed by atoms with Gasteiger partial charge in [-0.05, 0) is 62.7 Å². The van der Waals surface area contributed by atoms with Crippen molar-refractivity contribution >= 4 is 21.6 Å². The topological polar surface area (TPSA) is 84.9 Å². The molecule has 0 radical (unpaired) electrons. The summed E-state index contributed by atoms with van der Waals surface area (Å²) in [6.07, 6.45) is 0. The number of carbonyl (C=O) groups excluding carboxylic acids is 1. The number of aryl methyl sites for hydroxylation is 2. The minimum atomic E-state index is -4.03. The van der Waals surface area contributed by atoms with Gasteiger partial charge in [-0.3, -0.25) is 9.10 Å². The fourth-order valence-electron chi connectivity index (χ4n) is 3.36. The lowest BCUT2D eigenvalue weighted by atomic mass is 10.2. The SMILES string of the molecule is COc1ccc(C)cc1N(CC(=O)NC(C)COc1ccc(C)cc1)S(=O)(=O)c1ccccc1. The van der Waals surface area contributed by atoms with Crippen LogP contribution in [0.15, 0.2) is 77.7 Å². The highest BCUT2D eigenvalue weighted by atomic mass is 32.2. The van der Waals surface area contributed by atoms with Crippen molar-refractivity contribution < 1.29 is 22.7 Å². The average Bonchev–Trinajstić information content (AvgIpc) is 2.82. The average molecular weight is 483 g/mol. The molecule has 0 aromatic heterocycles. The van der Waals surface area contributed by atoms with Crippen LogP contribution >= 0.6 is 0 Å². The molecule has 0 aliphatic rings. The van der Waals surface area contributed by atoms with Gasteiger partial charge in [0, 0.05) is 0 Å². The predicted molar refractivity (Wildman–Crippen MR) is 133 cm³/mol. The third kappa shape index (κ3) is 6.29. The van der Waals surface area contributed by atoms with Crippen LogP contribution < -0.4 is 19.1 Å². The number of sulfonamides is 1. The van der Waals surface area contributed by atoms with E-state index in [0.29, 0.717) is 17.2 Å². The quantitative estimate of drug-likeness (QED) is 0.471. The molecule has 0 aliphatic carbocycles. The highest BCUT2D eigenvalue weighted by Gasteiger charge is 2.29. The summed E-state index contributed by atoms with van der Waals surface area (Å²) in [4.78, 5) is 13.0. The molecule has 0 heterocycles. The van der Waals surface area contributed by atoms with Crippen LogP contribution in [0.1, 0.15) is 18.1 Å². The normalized spacial score (nSPS) is 12.0. The Morgan fingerprint density at radius 1 is 0.971 bits per heavy atom. The molecule has 1 unspecified atom stereocenters. The maximum Gasteiger partial charge on any atom is 0.264 e. The molecule has 0 spiro atoms. The van der Waals surface area contributed by atoms with Crippen LogP contribution in [0.5, 0.6) is 11.5 Å². The Morgan fingerprint density at radius 2 is 1.62 bits per heavy atom. The zero-order chi connectivity index (χ0) is 24.7. The maximum atomic E-state index is 13.5. The van der Waals surface area contributed by atoms with E-state index in [1.54, 1.807) is 37.3 Å². The molecule has 3 rings (SSSR count). The van der Waals surface area contributed by atoms with Crippen LogP contribution in [-0.4, -0.2) is 40.6 Å². The van der Waals surface area contributed by atoms with Crippen LogP contribution in [-0.2, 0) is 14.8 Å². The van der Waals surface area contributed by atoms with E-state index in [1.807, 2.05) is 44.2 Å². The smallest absolute Gasteiger partial charge is 0.264 e. The molecule has 1 atom stereocenters. The molecule has 7 nitrogen and oxygen atoms in total. The van der Waals surface area contributed by atoms with Crippen molar-refractivity contribution in [3.05, 3.63) is 83.9 Å². The first-order valence-electron chi connectivity index (χ1n) is 10.9. The Kier molecular flexibility index (Phi) is 8.17. The number of nitrogens with one attached hydrogen (secondary N) is 1. The van der Waals surface area contributed by atoms with Gasteiger partial charge in [0.2, 0.25) is 5.91 Å². The highest BCUT2D eigenvalue weighted by Crippen LogP contribution is 2.33. The van der Waals surface area contributed by atoms with Crippen molar-refractivity contribution in [2.75, 3.05) is 24.6 Å². The lowest BCUT2D eigenvalue weighted by Gasteiger charge is -2.26. The molecule has 0 fully saturated rings. The molecule has 1 N–H and O–H groups in total. The molecule has 1 amide bonds. The predicted octanol–water partition coefficient (Wildman–Crippen LogP) is 4.09. The summed E-state index contributed by atoms with van der Waals surface area (Å²) in [6, 6.07) is 20.5. The van der Waals surface area contributed by atoms with Crippen LogP contribution in [0.4, 0.5) is 5.69 Å².